The SMILES string of the molecule is COCCNCc1ncc(-c2c(OC)cccc2OC)o1. The second-order valence-electron chi connectivity index (χ2n) is 4.33. The first-order valence-electron chi connectivity index (χ1n) is 6.66. The molecule has 0 unspecified atom stereocenters. The molecule has 0 fully saturated rings. The lowest BCUT2D eigenvalue weighted by atomic mass is 10.1. The van der Waals surface area contributed by atoms with E-state index in [-0.39, 0.29) is 0 Å². The standard InChI is InChI=1S/C15H20N2O4/c1-18-8-7-16-10-14-17-9-13(21-14)15-11(19-2)5-4-6-12(15)20-3/h4-6,9,16H,7-8,10H2,1-3H3. The van der Waals surface area contributed by atoms with E-state index in [2.05, 4.69) is 10.3 Å². The molecular formula is C15H20N2O4. The number of hydrogen-bond acceptors (Lipinski definition) is 6. The van der Waals surface area contributed by atoms with Crippen molar-refractivity contribution in [1.29, 1.82) is 0 Å². The predicted octanol–water partition coefficient (Wildman–Crippen LogP) is 2.09. The zero-order chi connectivity index (χ0) is 15.1. The van der Waals surface area contributed by atoms with E-state index in [1.54, 1.807) is 27.5 Å². The van der Waals surface area contributed by atoms with Gasteiger partial charge in [-0.25, -0.2) is 4.98 Å². The van der Waals surface area contributed by atoms with Crippen LogP contribution in [0.15, 0.2) is 28.8 Å². The highest BCUT2D eigenvalue weighted by Crippen LogP contribution is 2.38. The average molecular weight is 292 g/mol. The summed E-state index contributed by atoms with van der Waals surface area (Å²) in [4.78, 5) is 4.26. The Hall–Kier alpha value is -2.05. The molecule has 0 spiro atoms. The van der Waals surface area contributed by atoms with Crippen molar-refractivity contribution in [3.05, 3.63) is 30.3 Å². The fraction of sp³-hybridized carbons (Fsp3) is 0.400. The highest BCUT2D eigenvalue weighted by atomic mass is 16.5. The van der Waals surface area contributed by atoms with Crippen LogP contribution in [0.4, 0.5) is 0 Å². The first kappa shape index (κ1) is 15.3. The van der Waals surface area contributed by atoms with Crippen molar-refractivity contribution in [2.45, 2.75) is 6.54 Å². The minimum absolute atomic E-state index is 0.542. The van der Waals surface area contributed by atoms with Crippen molar-refractivity contribution in [1.82, 2.24) is 10.3 Å². The molecule has 0 bridgehead atoms. The number of nitrogens with zero attached hydrogens (tertiary/aromatic N) is 1. The molecule has 2 aromatic rings. The monoisotopic (exact) mass is 292 g/mol. The Morgan fingerprint density at radius 2 is 1.86 bits per heavy atom. The number of rotatable bonds is 8. The second kappa shape index (κ2) is 7.66. The van der Waals surface area contributed by atoms with Crippen LogP contribution < -0.4 is 14.8 Å². The van der Waals surface area contributed by atoms with E-state index in [1.165, 1.54) is 0 Å². The molecule has 1 aromatic heterocycles. The third-order valence-electron chi connectivity index (χ3n) is 2.99. The second-order valence-corrected chi connectivity index (χ2v) is 4.33. The largest absolute Gasteiger partial charge is 0.496 e. The lowest BCUT2D eigenvalue weighted by Gasteiger charge is -2.10. The maximum atomic E-state index is 5.76. The number of benzene rings is 1. The molecule has 114 valence electrons. The molecule has 1 aromatic carbocycles. The Labute approximate surface area is 124 Å². The van der Waals surface area contributed by atoms with Crippen LogP contribution in [0.25, 0.3) is 11.3 Å². The van der Waals surface area contributed by atoms with Crippen molar-refractivity contribution < 1.29 is 18.6 Å². The molecule has 0 atom stereocenters. The van der Waals surface area contributed by atoms with Crippen LogP contribution >= 0.6 is 0 Å². The molecule has 0 saturated carbocycles. The van der Waals surface area contributed by atoms with E-state index in [4.69, 9.17) is 18.6 Å². The lowest BCUT2D eigenvalue weighted by molar-refractivity contribution is 0.198. The topological polar surface area (TPSA) is 65.8 Å². The van der Waals surface area contributed by atoms with E-state index < -0.39 is 0 Å². The van der Waals surface area contributed by atoms with E-state index in [1.807, 2.05) is 18.2 Å². The molecule has 0 aliphatic heterocycles. The number of nitrogens with one attached hydrogen (secondary N) is 1. The summed E-state index contributed by atoms with van der Waals surface area (Å²) >= 11 is 0. The Morgan fingerprint density at radius 1 is 1.14 bits per heavy atom. The molecule has 0 aliphatic rings. The first-order chi connectivity index (χ1) is 10.3. The highest BCUT2D eigenvalue weighted by molar-refractivity contribution is 5.72. The minimum Gasteiger partial charge on any atom is -0.496 e. The summed E-state index contributed by atoms with van der Waals surface area (Å²) in [5, 5.41) is 3.18. The molecule has 1 heterocycles. The van der Waals surface area contributed by atoms with Gasteiger partial charge in [0, 0.05) is 13.7 Å². The third kappa shape index (κ3) is 3.74. The van der Waals surface area contributed by atoms with Crippen molar-refractivity contribution in [2.24, 2.45) is 0 Å². The molecule has 2 rings (SSSR count). The van der Waals surface area contributed by atoms with Gasteiger partial charge < -0.3 is 23.9 Å². The molecule has 6 heteroatoms. The average Bonchev–Trinajstić information content (AvgIpc) is 2.99. The van der Waals surface area contributed by atoms with Crippen LogP contribution in [-0.2, 0) is 11.3 Å². The Balaban J connectivity index is 2.17. The Bertz CT molecular complexity index is 546. The van der Waals surface area contributed by atoms with Crippen LogP contribution in [0.3, 0.4) is 0 Å². The van der Waals surface area contributed by atoms with Gasteiger partial charge in [0.25, 0.3) is 0 Å². The van der Waals surface area contributed by atoms with Gasteiger partial charge in [-0.15, -0.1) is 0 Å². The summed E-state index contributed by atoms with van der Waals surface area (Å²) in [6, 6.07) is 5.58. The Morgan fingerprint density at radius 3 is 2.48 bits per heavy atom. The van der Waals surface area contributed by atoms with Gasteiger partial charge in [0.05, 0.1) is 33.6 Å². The number of ether oxygens (including phenoxy) is 3. The molecular weight excluding hydrogens is 272 g/mol. The van der Waals surface area contributed by atoms with Gasteiger partial charge in [0.2, 0.25) is 5.89 Å². The van der Waals surface area contributed by atoms with E-state index >= 15 is 0 Å². The van der Waals surface area contributed by atoms with E-state index in [0.29, 0.717) is 36.3 Å². The first-order valence-corrected chi connectivity index (χ1v) is 6.66. The molecule has 0 amide bonds. The molecule has 1 N–H and O–H groups in total. The zero-order valence-corrected chi connectivity index (χ0v) is 12.5. The summed E-state index contributed by atoms with van der Waals surface area (Å²) in [7, 11) is 4.89. The van der Waals surface area contributed by atoms with E-state index in [0.717, 1.165) is 12.1 Å². The van der Waals surface area contributed by atoms with Gasteiger partial charge in [0.1, 0.15) is 17.1 Å². The summed E-state index contributed by atoms with van der Waals surface area (Å²) in [5.74, 6) is 2.59. The predicted molar refractivity (Wildman–Crippen MR) is 78.6 cm³/mol. The van der Waals surface area contributed by atoms with Crippen LogP contribution in [0.5, 0.6) is 11.5 Å². The van der Waals surface area contributed by atoms with Gasteiger partial charge in [-0.1, -0.05) is 6.07 Å². The fourth-order valence-electron chi connectivity index (χ4n) is 1.97. The molecule has 21 heavy (non-hydrogen) atoms. The summed E-state index contributed by atoms with van der Waals surface area (Å²) in [5.41, 5.74) is 0.762. The van der Waals surface area contributed by atoms with Crippen LogP contribution in [0, 0.1) is 0 Å². The van der Waals surface area contributed by atoms with E-state index in [9.17, 15) is 0 Å². The van der Waals surface area contributed by atoms with Gasteiger partial charge >= 0.3 is 0 Å². The maximum absolute atomic E-state index is 5.76. The maximum Gasteiger partial charge on any atom is 0.208 e. The van der Waals surface area contributed by atoms with Gasteiger partial charge in [-0.2, -0.15) is 0 Å². The van der Waals surface area contributed by atoms with Crippen molar-refractivity contribution in [3.63, 3.8) is 0 Å². The van der Waals surface area contributed by atoms with Crippen molar-refractivity contribution >= 4 is 0 Å². The van der Waals surface area contributed by atoms with Crippen molar-refractivity contribution in [2.75, 3.05) is 34.5 Å². The van der Waals surface area contributed by atoms with Gasteiger partial charge in [-0.3, -0.25) is 0 Å². The van der Waals surface area contributed by atoms with Gasteiger partial charge in [-0.05, 0) is 12.1 Å². The summed E-state index contributed by atoms with van der Waals surface area (Å²) in [6.07, 6.45) is 1.67. The molecule has 0 radical (unpaired) electrons. The lowest BCUT2D eigenvalue weighted by Crippen LogP contribution is -2.18. The number of hydrogen-bond donors (Lipinski definition) is 1. The van der Waals surface area contributed by atoms with Crippen LogP contribution in [0.1, 0.15) is 5.89 Å². The quantitative estimate of drug-likeness (QED) is 0.752. The number of oxazole rings is 1. The molecule has 0 aliphatic carbocycles. The normalized spacial score (nSPS) is 10.6. The number of aromatic nitrogens is 1. The highest BCUT2D eigenvalue weighted by Gasteiger charge is 2.16. The Kier molecular flexibility index (Phi) is 5.59. The smallest absolute Gasteiger partial charge is 0.208 e. The summed E-state index contributed by atoms with van der Waals surface area (Å²) < 4.78 is 21.5. The zero-order valence-electron chi connectivity index (χ0n) is 12.5. The minimum atomic E-state index is 0.542. The number of methoxy groups -OCH3 is 3. The fourth-order valence-corrected chi connectivity index (χ4v) is 1.97. The van der Waals surface area contributed by atoms with Gasteiger partial charge in [0.15, 0.2) is 5.76 Å². The third-order valence-corrected chi connectivity index (χ3v) is 2.99. The van der Waals surface area contributed by atoms with Crippen LogP contribution in [0.2, 0.25) is 0 Å². The molecule has 6 nitrogen and oxygen atoms in total. The summed E-state index contributed by atoms with van der Waals surface area (Å²) in [6.45, 7) is 1.93. The van der Waals surface area contributed by atoms with Crippen molar-refractivity contribution in [3.8, 4) is 22.8 Å². The van der Waals surface area contributed by atoms with Crippen LogP contribution in [-0.4, -0.2) is 39.5 Å². The molecule has 0 saturated heterocycles.